The lowest BCUT2D eigenvalue weighted by Gasteiger charge is -2.02. The van der Waals surface area contributed by atoms with Gasteiger partial charge < -0.3 is 10.5 Å². The van der Waals surface area contributed by atoms with Crippen molar-refractivity contribution in [3.8, 4) is 10.8 Å². The van der Waals surface area contributed by atoms with Gasteiger partial charge in [0, 0.05) is 23.3 Å². The first-order valence-electron chi connectivity index (χ1n) is 4.08. The number of aryl methyl sites for hydroxylation is 1. The Morgan fingerprint density at radius 3 is 2.93 bits per heavy atom. The Bertz CT molecular complexity index is 441. The Morgan fingerprint density at radius 1 is 1.43 bits per heavy atom. The van der Waals surface area contributed by atoms with Gasteiger partial charge in [-0.1, -0.05) is 10.6 Å². The van der Waals surface area contributed by atoms with Gasteiger partial charge in [0.15, 0.2) is 0 Å². The van der Waals surface area contributed by atoms with E-state index in [-0.39, 0.29) is 0 Å². The van der Waals surface area contributed by atoms with Crippen LogP contribution in [0.15, 0.2) is 24.3 Å². The Balaban J connectivity index is 2.23. The fourth-order valence-corrected chi connectivity index (χ4v) is 1.55. The van der Waals surface area contributed by atoms with Gasteiger partial charge in [0.05, 0.1) is 0 Å². The van der Waals surface area contributed by atoms with E-state index in [0.717, 1.165) is 5.69 Å². The zero-order chi connectivity index (χ0) is 9.97. The summed E-state index contributed by atoms with van der Waals surface area (Å²) in [6, 6.07) is 7.26. The topological polar surface area (TPSA) is 61.0 Å². The summed E-state index contributed by atoms with van der Waals surface area (Å²) in [5, 5.41) is 4.55. The quantitative estimate of drug-likeness (QED) is 0.767. The summed E-state index contributed by atoms with van der Waals surface area (Å²) in [5.41, 5.74) is 7.09. The van der Waals surface area contributed by atoms with Gasteiger partial charge in [-0.05, 0) is 19.1 Å². The third-order valence-electron chi connectivity index (χ3n) is 1.68. The second-order valence-corrected chi connectivity index (χ2v) is 3.54. The molecular weight excluding hydrogens is 198 g/mol. The van der Waals surface area contributed by atoms with Crippen LogP contribution in [0.4, 0.5) is 5.69 Å². The van der Waals surface area contributed by atoms with Crippen LogP contribution in [0, 0.1) is 6.92 Å². The first kappa shape index (κ1) is 8.96. The zero-order valence-electron chi connectivity index (χ0n) is 7.60. The molecule has 0 saturated carbocycles. The van der Waals surface area contributed by atoms with Crippen molar-refractivity contribution in [3.05, 3.63) is 30.0 Å². The summed E-state index contributed by atoms with van der Waals surface area (Å²) in [4.78, 5) is 0. The Kier molecular flexibility index (Phi) is 2.32. The van der Waals surface area contributed by atoms with Gasteiger partial charge in [-0.3, -0.25) is 0 Å². The van der Waals surface area contributed by atoms with Gasteiger partial charge >= 0.3 is 0 Å². The van der Waals surface area contributed by atoms with Crippen LogP contribution in [0.1, 0.15) is 5.69 Å². The summed E-state index contributed by atoms with van der Waals surface area (Å²) < 4.78 is 9.32. The summed E-state index contributed by atoms with van der Waals surface area (Å²) in [6.45, 7) is 1.85. The number of rotatable bonds is 2. The van der Waals surface area contributed by atoms with E-state index < -0.39 is 0 Å². The fourth-order valence-electron chi connectivity index (χ4n) is 1.00. The van der Waals surface area contributed by atoms with Gasteiger partial charge in [0.1, 0.15) is 11.4 Å². The number of ether oxygens (including phenoxy) is 1. The van der Waals surface area contributed by atoms with Crippen molar-refractivity contribution in [2.45, 2.75) is 6.92 Å². The van der Waals surface area contributed by atoms with Gasteiger partial charge in [0.25, 0.3) is 0 Å². The van der Waals surface area contributed by atoms with Crippen LogP contribution >= 0.6 is 11.5 Å². The van der Waals surface area contributed by atoms with Crippen molar-refractivity contribution in [1.82, 2.24) is 9.59 Å². The second-order valence-electron chi connectivity index (χ2n) is 2.82. The Hall–Kier alpha value is -1.62. The van der Waals surface area contributed by atoms with E-state index in [1.54, 1.807) is 6.07 Å². The van der Waals surface area contributed by atoms with E-state index >= 15 is 0 Å². The first-order valence-corrected chi connectivity index (χ1v) is 4.85. The lowest BCUT2D eigenvalue weighted by atomic mass is 10.3. The van der Waals surface area contributed by atoms with E-state index in [0.29, 0.717) is 16.5 Å². The number of anilines is 1. The van der Waals surface area contributed by atoms with E-state index in [1.807, 2.05) is 25.1 Å². The summed E-state index contributed by atoms with van der Waals surface area (Å²) >= 11 is 1.23. The number of nitrogens with zero attached hydrogens (tertiary/aromatic N) is 2. The second kappa shape index (κ2) is 3.63. The fraction of sp³-hybridized carbons (Fsp3) is 0.111. The summed E-state index contributed by atoms with van der Waals surface area (Å²) in [7, 11) is 0. The molecule has 0 atom stereocenters. The molecular formula is C9H9N3OS. The van der Waals surface area contributed by atoms with Gasteiger partial charge in [0.2, 0.25) is 5.06 Å². The van der Waals surface area contributed by atoms with Crippen LogP contribution in [0.5, 0.6) is 10.8 Å². The molecule has 2 N–H and O–H groups in total. The van der Waals surface area contributed by atoms with E-state index in [2.05, 4.69) is 9.59 Å². The predicted molar refractivity (Wildman–Crippen MR) is 55.6 cm³/mol. The maximum Gasteiger partial charge on any atom is 0.223 e. The average molecular weight is 207 g/mol. The third-order valence-corrected chi connectivity index (χ3v) is 2.39. The molecule has 0 saturated heterocycles. The molecule has 0 radical (unpaired) electrons. The van der Waals surface area contributed by atoms with Crippen LogP contribution in [0.3, 0.4) is 0 Å². The van der Waals surface area contributed by atoms with Gasteiger partial charge in [-0.15, -0.1) is 5.10 Å². The lowest BCUT2D eigenvalue weighted by Crippen LogP contribution is -1.87. The molecule has 5 heteroatoms. The van der Waals surface area contributed by atoms with Crippen LogP contribution in [-0.2, 0) is 0 Å². The minimum Gasteiger partial charge on any atom is -0.443 e. The van der Waals surface area contributed by atoms with Crippen molar-refractivity contribution >= 4 is 17.2 Å². The van der Waals surface area contributed by atoms with Crippen molar-refractivity contribution in [3.63, 3.8) is 0 Å². The number of hydrogen-bond donors (Lipinski definition) is 1. The third kappa shape index (κ3) is 1.82. The molecule has 0 unspecified atom stereocenters. The number of hydrogen-bond acceptors (Lipinski definition) is 5. The number of aromatic nitrogens is 2. The molecule has 1 heterocycles. The molecule has 0 fully saturated rings. The number of benzene rings is 1. The van der Waals surface area contributed by atoms with E-state index in [1.165, 1.54) is 11.5 Å². The van der Waals surface area contributed by atoms with Crippen molar-refractivity contribution in [1.29, 1.82) is 0 Å². The summed E-state index contributed by atoms with van der Waals surface area (Å²) in [6.07, 6.45) is 0. The smallest absolute Gasteiger partial charge is 0.223 e. The largest absolute Gasteiger partial charge is 0.443 e. The van der Waals surface area contributed by atoms with Crippen LogP contribution < -0.4 is 10.5 Å². The maximum absolute atomic E-state index is 5.62. The molecule has 0 spiro atoms. The molecule has 1 aromatic heterocycles. The van der Waals surface area contributed by atoms with Crippen molar-refractivity contribution < 1.29 is 4.74 Å². The average Bonchev–Trinajstić information content (AvgIpc) is 2.52. The van der Waals surface area contributed by atoms with Gasteiger partial charge in [-0.2, -0.15) is 0 Å². The maximum atomic E-state index is 5.62. The molecule has 0 amide bonds. The molecule has 0 aliphatic rings. The Morgan fingerprint density at radius 2 is 2.29 bits per heavy atom. The highest BCUT2D eigenvalue weighted by molar-refractivity contribution is 7.07. The minimum atomic E-state index is 0.678. The number of nitrogen functional groups attached to an aromatic ring is 1. The lowest BCUT2D eigenvalue weighted by molar-refractivity contribution is 0.491. The zero-order valence-corrected chi connectivity index (χ0v) is 8.41. The molecule has 2 rings (SSSR count). The molecule has 14 heavy (non-hydrogen) atoms. The highest BCUT2D eigenvalue weighted by atomic mass is 32.1. The van der Waals surface area contributed by atoms with Gasteiger partial charge in [-0.25, -0.2) is 0 Å². The Labute approximate surface area is 85.5 Å². The first-order chi connectivity index (χ1) is 6.75. The monoisotopic (exact) mass is 207 g/mol. The highest BCUT2D eigenvalue weighted by Gasteiger charge is 2.05. The predicted octanol–water partition coefficient (Wildman–Crippen LogP) is 2.22. The van der Waals surface area contributed by atoms with Crippen molar-refractivity contribution in [2.24, 2.45) is 0 Å². The SMILES string of the molecule is Cc1nnsc1Oc1cccc(N)c1. The number of nitrogens with two attached hydrogens (primary N) is 1. The molecule has 0 aliphatic heterocycles. The van der Waals surface area contributed by atoms with E-state index in [9.17, 15) is 0 Å². The van der Waals surface area contributed by atoms with E-state index in [4.69, 9.17) is 10.5 Å². The highest BCUT2D eigenvalue weighted by Crippen LogP contribution is 2.27. The molecule has 72 valence electrons. The molecule has 2 aromatic rings. The minimum absolute atomic E-state index is 0.678. The van der Waals surface area contributed by atoms with Crippen LogP contribution in [0.25, 0.3) is 0 Å². The molecule has 4 nitrogen and oxygen atoms in total. The van der Waals surface area contributed by atoms with Crippen LogP contribution in [-0.4, -0.2) is 9.59 Å². The molecule has 1 aromatic carbocycles. The van der Waals surface area contributed by atoms with Crippen molar-refractivity contribution in [2.75, 3.05) is 5.73 Å². The molecule has 0 bridgehead atoms. The normalized spacial score (nSPS) is 10.1. The molecule has 0 aliphatic carbocycles. The standard InChI is InChI=1S/C9H9N3OS/c1-6-9(14-12-11-6)13-8-4-2-3-7(10)5-8/h2-5H,10H2,1H3. The van der Waals surface area contributed by atoms with Crippen LogP contribution in [0.2, 0.25) is 0 Å². The summed E-state index contributed by atoms with van der Waals surface area (Å²) in [5.74, 6) is 0.708.